The Bertz CT molecular complexity index is 1120. The van der Waals surface area contributed by atoms with Crippen LogP contribution in [-0.4, -0.2) is 48.5 Å². The number of methoxy groups -OCH3 is 1. The van der Waals surface area contributed by atoms with E-state index in [0.29, 0.717) is 5.01 Å². The van der Waals surface area contributed by atoms with Gasteiger partial charge >= 0.3 is 0 Å². The van der Waals surface area contributed by atoms with E-state index in [0.717, 1.165) is 9.87 Å². The molecular weight excluding hydrogens is 416 g/mol. The first-order valence-corrected chi connectivity index (χ1v) is 10.7. The van der Waals surface area contributed by atoms with Gasteiger partial charge in [-0.15, -0.1) is 10.2 Å². The first kappa shape index (κ1) is 20.9. The Kier molecular flexibility index (Phi) is 5.96. The molecule has 10 nitrogen and oxygen atoms in total. The van der Waals surface area contributed by atoms with E-state index in [9.17, 15) is 13.2 Å². The molecule has 1 N–H and O–H groups in total. The normalized spacial score (nSPS) is 11.4. The van der Waals surface area contributed by atoms with Gasteiger partial charge in [0.15, 0.2) is 5.82 Å². The number of carbonyl (C=O) groups is 1. The molecule has 0 aliphatic carbocycles. The molecule has 0 bridgehead atoms. The summed E-state index contributed by atoms with van der Waals surface area (Å²) in [6.45, 7) is 2.15. The number of ether oxygens (including phenoxy) is 1. The zero-order chi connectivity index (χ0) is 21.2. The number of benzene rings is 1. The molecule has 0 spiro atoms. The van der Waals surface area contributed by atoms with E-state index in [4.69, 9.17) is 4.74 Å². The lowest BCUT2D eigenvalue weighted by Crippen LogP contribution is -2.30. The summed E-state index contributed by atoms with van der Waals surface area (Å²) in [4.78, 5) is 12.9. The van der Waals surface area contributed by atoms with E-state index in [1.807, 2.05) is 6.92 Å². The number of anilines is 2. The molecule has 0 saturated heterocycles. The van der Waals surface area contributed by atoms with Crippen molar-refractivity contribution < 1.29 is 17.9 Å². The summed E-state index contributed by atoms with van der Waals surface area (Å²) in [5.41, 5.74) is 1.03. The number of aromatic nitrogens is 4. The molecule has 3 rings (SSSR count). The molecule has 154 valence electrons. The second-order valence-electron chi connectivity index (χ2n) is 6.18. The van der Waals surface area contributed by atoms with Crippen molar-refractivity contribution in [3.8, 4) is 0 Å². The van der Waals surface area contributed by atoms with Gasteiger partial charge in [-0.2, -0.15) is 5.10 Å². The lowest BCUT2D eigenvalue weighted by atomic mass is 10.2. The lowest BCUT2D eigenvalue weighted by Gasteiger charge is -2.20. The van der Waals surface area contributed by atoms with E-state index in [2.05, 4.69) is 20.6 Å². The minimum absolute atomic E-state index is 0.0918. The number of aryl methyl sites for hydroxylation is 2. The van der Waals surface area contributed by atoms with Gasteiger partial charge < -0.3 is 4.74 Å². The van der Waals surface area contributed by atoms with Crippen molar-refractivity contribution in [1.82, 2.24) is 20.0 Å². The number of nitrogens with one attached hydrogen (secondary N) is 1. The topological polar surface area (TPSA) is 119 Å². The number of sulfonamides is 1. The first-order valence-electron chi connectivity index (χ1n) is 8.44. The van der Waals surface area contributed by atoms with E-state index in [1.165, 1.54) is 48.5 Å². The average molecular weight is 437 g/mol. The van der Waals surface area contributed by atoms with Crippen LogP contribution in [0.3, 0.4) is 0 Å². The third kappa shape index (κ3) is 4.28. The van der Waals surface area contributed by atoms with Gasteiger partial charge in [-0.3, -0.25) is 19.1 Å². The van der Waals surface area contributed by atoms with Crippen molar-refractivity contribution >= 4 is 38.2 Å². The summed E-state index contributed by atoms with van der Waals surface area (Å²) in [5.74, 6) is -0.413. The number of carbonyl (C=O) groups excluding carboxylic acids is 1. The largest absolute Gasteiger partial charge is 0.377 e. The van der Waals surface area contributed by atoms with Crippen LogP contribution in [0.15, 0.2) is 35.4 Å². The van der Waals surface area contributed by atoms with Crippen LogP contribution < -0.4 is 9.62 Å². The molecule has 0 fully saturated rings. The second kappa shape index (κ2) is 8.27. The summed E-state index contributed by atoms with van der Waals surface area (Å²) < 4.78 is 33.4. The first-order chi connectivity index (χ1) is 13.7. The molecule has 0 atom stereocenters. The van der Waals surface area contributed by atoms with Crippen molar-refractivity contribution in [3.05, 3.63) is 46.6 Å². The maximum absolute atomic E-state index is 13.0. The van der Waals surface area contributed by atoms with Crippen LogP contribution >= 0.6 is 11.3 Å². The average Bonchev–Trinajstić information content (AvgIpc) is 3.28. The summed E-state index contributed by atoms with van der Waals surface area (Å²) in [5, 5.41) is 15.3. The van der Waals surface area contributed by atoms with Gasteiger partial charge in [0.1, 0.15) is 17.2 Å². The van der Waals surface area contributed by atoms with Crippen LogP contribution in [0.25, 0.3) is 0 Å². The van der Waals surface area contributed by atoms with E-state index < -0.39 is 15.9 Å². The minimum Gasteiger partial charge on any atom is -0.377 e. The highest BCUT2D eigenvalue weighted by atomic mass is 32.2. The number of amides is 1. The van der Waals surface area contributed by atoms with E-state index >= 15 is 0 Å². The molecule has 0 saturated carbocycles. The monoisotopic (exact) mass is 436 g/mol. The molecule has 1 aromatic carbocycles. The maximum Gasteiger partial charge on any atom is 0.265 e. The SMILES string of the molecule is COCc1nnc(NC(=O)c2cnn(C)c2N(C)S(=O)(=O)c2ccc(C)cc2)s1. The van der Waals surface area contributed by atoms with Gasteiger partial charge in [0.05, 0.1) is 11.1 Å². The van der Waals surface area contributed by atoms with Crippen molar-refractivity contribution in [2.75, 3.05) is 23.8 Å². The number of rotatable bonds is 7. The van der Waals surface area contributed by atoms with Gasteiger partial charge in [0.2, 0.25) is 5.13 Å². The van der Waals surface area contributed by atoms with Gasteiger partial charge in [-0.1, -0.05) is 29.0 Å². The quantitative estimate of drug-likeness (QED) is 0.600. The Labute approximate surface area is 172 Å². The predicted octanol–water partition coefficient (Wildman–Crippen LogP) is 1.80. The maximum atomic E-state index is 13.0. The fraction of sp³-hybridized carbons (Fsp3) is 0.294. The third-order valence-electron chi connectivity index (χ3n) is 4.08. The summed E-state index contributed by atoms with van der Waals surface area (Å²) >= 11 is 1.17. The second-order valence-corrected chi connectivity index (χ2v) is 9.21. The third-order valence-corrected chi connectivity index (χ3v) is 6.66. The molecule has 0 unspecified atom stereocenters. The zero-order valence-corrected chi connectivity index (χ0v) is 17.9. The van der Waals surface area contributed by atoms with Crippen LogP contribution in [0, 0.1) is 6.92 Å². The highest BCUT2D eigenvalue weighted by Crippen LogP contribution is 2.26. The molecule has 29 heavy (non-hydrogen) atoms. The fourth-order valence-corrected chi connectivity index (χ4v) is 4.54. The van der Waals surface area contributed by atoms with Gasteiger partial charge in [-0.25, -0.2) is 8.42 Å². The van der Waals surface area contributed by atoms with Crippen molar-refractivity contribution in [3.63, 3.8) is 0 Å². The summed E-state index contributed by atoms with van der Waals surface area (Å²) in [6, 6.07) is 6.47. The molecule has 2 aromatic heterocycles. The van der Waals surface area contributed by atoms with Crippen LogP contribution in [0.2, 0.25) is 0 Å². The summed E-state index contributed by atoms with van der Waals surface area (Å²) in [6.07, 6.45) is 1.31. The molecule has 12 heteroatoms. The minimum atomic E-state index is -3.88. The Morgan fingerprint density at radius 3 is 2.62 bits per heavy atom. The standard InChI is InChI=1S/C17H20N6O4S2/c1-11-5-7-12(8-6-11)29(25,26)23(3)16-13(9-18-22(16)2)15(24)19-17-21-20-14(28-17)10-27-4/h5-9H,10H2,1-4H3,(H,19,21,24). The number of hydrogen-bond acceptors (Lipinski definition) is 8. The Morgan fingerprint density at radius 1 is 1.28 bits per heavy atom. The molecular formula is C17H20N6O4S2. The predicted molar refractivity (Wildman–Crippen MR) is 109 cm³/mol. The van der Waals surface area contributed by atoms with E-state index in [-0.39, 0.29) is 28.0 Å². The van der Waals surface area contributed by atoms with Crippen LogP contribution in [-0.2, 0) is 28.4 Å². The fourth-order valence-electron chi connectivity index (χ4n) is 2.60. The Morgan fingerprint density at radius 2 is 1.97 bits per heavy atom. The van der Waals surface area contributed by atoms with Gasteiger partial charge in [0, 0.05) is 21.2 Å². The Hall–Kier alpha value is -2.83. The number of hydrogen-bond donors (Lipinski definition) is 1. The number of nitrogens with zero attached hydrogens (tertiary/aromatic N) is 5. The molecule has 0 aliphatic rings. The molecule has 0 radical (unpaired) electrons. The molecule has 3 aromatic rings. The van der Waals surface area contributed by atoms with Crippen molar-refractivity contribution in [2.45, 2.75) is 18.4 Å². The smallest absolute Gasteiger partial charge is 0.265 e. The van der Waals surface area contributed by atoms with Crippen LogP contribution in [0.4, 0.5) is 10.9 Å². The summed E-state index contributed by atoms with van der Waals surface area (Å²) in [7, 11) is 0.595. The Balaban J connectivity index is 1.89. The van der Waals surface area contributed by atoms with Gasteiger partial charge in [0.25, 0.3) is 15.9 Å². The molecule has 2 heterocycles. The lowest BCUT2D eigenvalue weighted by molar-refractivity contribution is 0.102. The van der Waals surface area contributed by atoms with Crippen molar-refractivity contribution in [1.29, 1.82) is 0 Å². The van der Waals surface area contributed by atoms with Crippen molar-refractivity contribution in [2.24, 2.45) is 7.05 Å². The molecule has 1 amide bonds. The van der Waals surface area contributed by atoms with Crippen LogP contribution in [0.1, 0.15) is 20.9 Å². The van der Waals surface area contributed by atoms with Crippen LogP contribution in [0.5, 0.6) is 0 Å². The zero-order valence-electron chi connectivity index (χ0n) is 16.3. The molecule has 0 aliphatic heterocycles. The highest BCUT2D eigenvalue weighted by Gasteiger charge is 2.29. The van der Waals surface area contributed by atoms with E-state index in [1.54, 1.807) is 19.2 Å². The van der Waals surface area contributed by atoms with Gasteiger partial charge in [-0.05, 0) is 19.1 Å². The highest BCUT2D eigenvalue weighted by molar-refractivity contribution is 7.92.